The summed E-state index contributed by atoms with van der Waals surface area (Å²) in [5.74, 6) is -0.163. The van der Waals surface area contributed by atoms with E-state index in [4.69, 9.17) is 0 Å². The first-order valence-corrected chi connectivity index (χ1v) is 5.12. The molecule has 1 aromatic rings. The highest BCUT2D eigenvalue weighted by Gasteiger charge is 2.28. The van der Waals surface area contributed by atoms with E-state index in [0.717, 1.165) is 0 Å². The number of hydroxylamine groups is 1. The first-order chi connectivity index (χ1) is 8.90. The van der Waals surface area contributed by atoms with Gasteiger partial charge in [-0.25, -0.2) is 15.3 Å². The molecule has 106 valence electrons. The quantitative estimate of drug-likeness (QED) is 0.799. The number of rotatable bonds is 5. The van der Waals surface area contributed by atoms with E-state index in [2.05, 4.69) is 19.9 Å². The van der Waals surface area contributed by atoms with Crippen molar-refractivity contribution < 1.29 is 27.5 Å². The third-order valence-electron chi connectivity index (χ3n) is 1.83. The predicted molar refractivity (Wildman–Crippen MR) is 58.2 cm³/mol. The summed E-state index contributed by atoms with van der Waals surface area (Å²) in [7, 11) is 1.27. The average Bonchev–Trinajstić information content (AvgIpc) is 2.34. The van der Waals surface area contributed by atoms with Crippen LogP contribution < -0.4 is 15.5 Å². The van der Waals surface area contributed by atoms with Gasteiger partial charge in [0.25, 0.3) is 0 Å². The Morgan fingerprint density at radius 2 is 2.21 bits per heavy atom. The number of ether oxygens (including phenoxy) is 1. The van der Waals surface area contributed by atoms with Crippen LogP contribution in [0.25, 0.3) is 0 Å². The van der Waals surface area contributed by atoms with E-state index in [1.165, 1.54) is 25.4 Å². The molecule has 0 saturated carbocycles. The zero-order valence-corrected chi connectivity index (χ0v) is 9.95. The van der Waals surface area contributed by atoms with Crippen molar-refractivity contribution >= 4 is 6.03 Å². The molecule has 0 atom stereocenters. The van der Waals surface area contributed by atoms with Crippen molar-refractivity contribution in [1.29, 1.82) is 0 Å². The van der Waals surface area contributed by atoms with Gasteiger partial charge in [-0.1, -0.05) is 0 Å². The minimum atomic E-state index is -4.42. The Hall–Kier alpha value is -2.03. The molecule has 0 aliphatic carbocycles. The number of carbonyl (C=O) groups excluding carboxylic acids is 1. The van der Waals surface area contributed by atoms with Gasteiger partial charge in [0.2, 0.25) is 5.88 Å². The third kappa shape index (κ3) is 6.46. The highest BCUT2D eigenvalue weighted by atomic mass is 19.4. The molecule has 0 aliphatic heterocycles. The topological polar surface area (TPSA) is 72.5 Å². The lowest BCUT2D eigenvalue weighted by molar-refractivity contribution is -0.154. The fourth-order valence-electron chi connectivity index (χ4n) is 1.11. The fourth-order valence-corrected chi connectivity index (χ4v) is 1.11. The summed E-state index contributed by atoms with van der Waals surface area (Å²) in [5, 5.41) is 2.42. The molecule has 19 heavy (non-hydrogen) atoms. The van der Waals surface area contributed by atoms with Crippen LogP contribution in [0.4, 0.5) is 18.0 Å². The van der Waals surface area contributed by atoms with E-state index < -0.39 is 18.8 Å². The molecule has 0 bridgehead atoms. The van der Waals surface area contributed by atoms with Crippen LogP contribution in [0.5, 0.6) is 5.88 Å². The number of pyridine rings is 1. The molecule has 0 saturated heterocycles. The van der Waals surface area contributed by atoms with Crippen molar-refractivity contribution in [2.75, 3.05) is 13.7 Å². The zero-order valence-electron chi connectivity index (χ0n) is 9.95. The summed E-state index contributed by atoms with van der Waals surface area (Å²) in [4.78, 5) is 19.0. The Bertz CT molecular complexity index is 426. The maximum atomic E-state index is 11.9. The van der Waals surface area contributed by atoms with Crippen LogP contribution in [0.1, 0.15) is 5.56 Å². The highest BCUT2D eigenvalue weighted by molar-refractivity contribution is 5.72. The van der Waals surface area contributed by atoms with Gasteiger partial charge in [0.15, 0.2) is 6.61 Å². The van der Waals surface area contributed by atoms with Crippen LogP contribution in [0, 0.1) is 0 Å². The first-order valence-electron chi connectivity index (χ1n) is 5.12. The number of hydrogen-bond acceptors (Lipinski definition) is 4. The standard InChI is InChI=1S/C10H12F3N3O3/c1-18-16-9(17)15-5-7-2-3-14-8(4-7)19-6-10(11,12)13/h2-4H,5-6H2,1H3,(H2,15,16,17). The lowest BCUT2D eigenvalue weighted by Gasteiger charge is -2.09. The minimum Gasteiger partial charge on any atom is -0.468 e. The Morgan fingerprint density at radius 3 is 2.84 bits per heavy atom. The molecule has 2 N–H and O–H groups in total. The monoisotopic (exact) mass is 279 g/mol. The Balaban J connectivity index is 2.50. The third-order valence-corrected chi connectivity index (χ3v) is 1.83. The van der Waals surface area contributed by atoms with Crippen LogP contribution in [0.15, 0.2) is 18.3 Å². The summed E-state index contributed by atoms with van der Waals surface area (Å²) in [5.41, 5.74) is 2.57. The van der Waals surface area contributed by atoms with Gasteiger partial charge in [0.1, 0.15) is 0 Å². The number of hydrogen-bond donors (Lipinski definition) is 2. The Kier molecular flexibility index (Phi) is 5.37. The van der Waals surface area contributed by atoms with Gasteiger partial charge in [0.05, 0.1) is 7.11 Å². The van der Waals surface area contributed by atoms with Gasteiger partial charge in [0, 0.05) is 18.8 Å². The largest absolute Gasteiger partial charge is 0.468 e. The molecular weight excluding hydrogens is 267 g/mol. The molecule has 0 radical (unpaired) electrons. The maximum Gasteiger partial charge on any atom is 0.422 e. The van der Waals surface area contributed by atoms with Gasteiger partial charge in [-0.3, -0.25) is 4.84 Å². The van der Waals surface area contributed by atoms with E-state index in [9.17, 15) is 18.0 Å². The Labute approximate surface area is 106 Å². The highest BCUT2D eigenvalue weighted by Crippen LogP contribution is 2.17. The number of aromatic nitrogens is 1. The summed E-state index contributed by atoms with van der Waals surface area (Å²) in [6, 6.07) is 2.27. The van der Waals surface area contributed by atoms with Gasteiger partial charge in [-0.05, 0) is 11.6 Å². The first kappa shape index (κ1) is 15.0. The molecule has 9 heteroatoms. The van der Waals surface area contributed by atoms with Crippen LogP contribution in [0.2, 0.25) is 0 Å². The van der Waals surface area contributed by atoms with Gasteiger partial charge >= 0.3 is 12.2 Å². The molecule has 0 spiro atoms. The van der Waals surface area contributed by atoms with Gasteiger partial charge in [-0.2, -0.15) is 13.2 Å². The normalized spacial score (nSPS) is 10.9. The number of carbonyl (C=O) groups is 1. The lowest BCUT2D eigenvalue weighted by atomic mass is 10.2. The van der Waals surface area contributed by atoms with Crippen molar-refractivity contribution in [2.45, 2.75) is 12.7 Å². The van der Waals surface area contributed by atoms with Crippen molar-refractivity contribution in [3.05, 3.63) is 23.9 Å². The Morgan fingerprint density at radius 1 is 1.47 bits per heavy atom. The van der Waals surface area contributed by atoms with E-state index in [1.807, 2.05) is 5.48 Å². The summed E-state index contributed by atoms with van der Waals surface area (Å²) in [6.07, 6.45) is -3.13. The minimum absolute atomic E-state index is 0.0973. The number of nitrogens with one attached hydrogen (secondary N) is 2. The van der Waals surface area contributed by atoms with Crippen molar-refractivity contribution in [2.24, 2.45) is 0 Å². The van der Waals surface area contributed by atoms with E-state index >= 15 is 0 Å². The zero-order chi connectivity index (χ0) is 14.3. The second-order valence-corrected chi connectivity index (χ2v) is 3.40. The van der Waals surface area contributed by atoms with Gasteiger partial charge < -0.3 is 10.1 Å². The smallest absolute Gasteiger partial charge is 0.422 e. The molecule has 0 aromatic carbocycles. The SMILES string of the molecule is CONC(=O)NCc1ccnc(OCC(F)(F)F)c1. The number of amides is 2. The second-order valence-electron chi connectivity index (χ2n) is 3.40. The molecule has 2 amide bonds. The van der Waals surface area contributed by atoms with Crippen molar-refractivity contribution in [3.63, 3.8) is 0 Å². The number of urea groups is 1. The van der Waals surface area contributed by atoms with E-state index in [1.54, 1.807) is 0 Å². The molecule has 1 aromatic heterocycles. The molecule has 1 heterocycles. The predicted octanol–water partition coefficient (Wildman–Crippen LogP) is 1.38. The van der Waals surface area contributed by atoms with Crippen LogP contribution in [0.3, 0.4) is 0 Å². The maximum absolute atomic E-state index is 11.9. The van der Waals surface area contributed by atoms with Crippen LogP contribution in [-0.2, 0) is 11.4 Å². The average molecular weight is 279 g/mol. The van der Waals surface area contributed by atoms with E-state index in [-0.39, 0.29) is 12.4 Å². The molecule has 0 unspecified atom stereocenters. The molecule has 0 aliphatic rings. The number of alkyl halides is 3. The van der Waals surface area contributed by atoms with Crippen molar-refractivity contribution in [3.8, 4) is 5.88 Å². The molecule has 6 nitrogen and oxygen atoms in total. The summed E-state index contributed by atoms with van der Waals surface area (Å²) in [6.45, 7) is -1.32. The second kappa shape index (κ2) is 6.78. The molecule has 0 fully saturated rings. The fraction of sp³-hybridized carbons (Fsp3) is 0.400. The number of nitrogens with zero attached hydrogens (tertiary/aromatic N) is 1. The summed E-state index contributed by atoms with van der Waals surface area (Å²) < 4.78 is 40.3. The lowest BCUT2D eigenvalue weighted by Crippen LogP contribution is -2.34. The van der Waals surface area contributed by atoms with Crippen LogP contribution >= 0.6 is 0 Å². The van der Waals surface area contributed by atoms with Crippen molar-refractivity contribution in [1.82, 2.24) is 15.8 Å². The molecule has 1 rings (SSSR count). The summed E-state index contributed by atoms with van der Waals surface area (Å²) >= 11 is 0. The molecular formula is C10H12F3N3O3. The van der Waals surface area contributed by atoms with E-state index in [0.29, 0.717) is 5.56 Å². The van der Waals surface area contributed by atoms with Gasteiger partial charge in [-0.15, -0.1) is 0 Å². The number of halogens is 3. The van der Waals surface area contributed by atoms with Crippen LogP contribution in [-0.4, -0.2) is 30.9 Å².